The highest BCUT2D eigenvalue weighted by molar-refractivity contribution is 5.86. The Bertz CT molecular complexity index is 6760. The molecule has 0 fully saturated rings. The molecule has 8 heterocycles. The standard InChI is InChI=1S/2C55H37N5/c1-4-13-38(14-5-1)40-23-29-44(30-24-40)50-37-51(60-55(59-50)46-17-8-3-9-18-46)45-31-25-42(26-32-45)41-21-27-43(28-22-41)48-19-12-34-57-54(48)53-36-47(39-15-6-2-7-16-39)35-52(58-53)49-20-10-11-33-56-49;1-4-12-38(13-5-1)40-25-29-46(30-26-40)55-59-51(44-16-8-3-9-17-44)36-52(60-55)45-27-23-42(24-28-45)41-19-21-43(22-20-41)47-31-32-50(57-37-47)54-35-48(39-14-6-2-7-15-39)34-53(58-54)49-18-10-11-33-56-49/h2*1-37H. The molecule has 20 rings (SSSR count). The zero-order valence-corrected chi connectivity index (χ0v) is 65.2. The average molecular weight is 1540 g/mol. The molecule has 0 amide bonds. The van der Waals surface area contributed by atoms with Crippen molar-refractivity contribution in [1.29, 1.82) is 0 Å². The summed E-state index contributed by atoms with van der Waals surface area (Å²) in [6.45, 7) is 0. The summed E-state index contributed by atoms with van der Waals surface area (Å²) in [5.41, 5.74) is 33.8. The average Bonchev–Trinajstić information content (AvgIpc) is 0.739. The summed E-state index contributed by atoms with van der Waals surface area (Å²) in [6, 6.07) is 146. The van der Waals surface area contributed by atoms with Gasteiger partial charge in [0.05, 0.1) is 68.3 Å². The van der Waals surface area contributed by atoms with E-state index >= 15 is 0 Å². The topological polar surface area (TPSA) is 129 Å². The first kappa shape index (κ1) is 73.8. The lowest BCUT2D eigenvalue weighted by Crippen LogP contribution is -1.96. The van der Waals surface area contributed by atoms with Crippen molar-refractivity contribution in [3.05, 3.63) is 449 Å². The van der Waals surface area contributed by atoms with Gasteiger partial charge in [0.1, 0.15) is 0 Å². The predicted octanol–water partition coefficient (Wildman–Crippen LogP) is 27.3. The van der Waals surface area contributed by atoms with Crippen LogP contribution in [-0.4, -0.2) is 49.8 Å². The molecule has 0 aliphatic carbocycles. The number of benzene rings is 12. The molecular weight excluding hydrogens is 1460 g/mol. The summed E-state index contributed by atoms with van der Waals surface area (Å²) in [7, 11) is 0. The summed E-state index contributed by atoms with van der Waals surface area (Å²) in [6.07, 6.45) is 7.35. The van der Waals surface area contributed by atoms with E-state index in [0.29, 0.717) is 11.6 Å². The Hall–Kier alpha value is -16.3. The maximum absolute atomic E-state index is 5.11. The molecule has 0 radical (unpaired) electrons. The van der Waals surface area contributed by atoms with Crippen molar-refractivity contribution in [2.45, 2.75) is 0 Å². The molecular formula is C110H74N10. The largest absolute Gasteiger partial charge is 0.255 e. The van der Waals surface area contributed by atoms with Gasteiger partial charge in [0.25, 0.3) is 0 Å². The molecule has 0 saturated heterocycles. The van der Waals surface area contributed by atoms with Crippen LogP contribution in [0.5, 0.6) is 0 Å². The fourth-order valence-electron chi connectivity index (χ4n) is 15.0. The van der Waals surface area contributed by atoms with Crippen LogP contribution in [0.1, 0.15) is 0 Å². The quantitative estimate of drug-likeness (QED) is 0.0819. The van der Waals surface area contributed by atoms with Crippen molar-refractivity contribution in [3.63, 3.8) is 0 Å². The Labute approximate surface area is 697 Å². The first-order chi connectivity index (χ1) is 59.4. The van der Waals surface area contributed by atoms with Crippen molar-refractivity contribution in [2.24, 2.45) is 0 Å². The van der Waals surface area contributed by atoms with Crippen molar-refractivity contribution in [2.75, 3.05) is 0 Å². The van der Waals surface area contributed by atoms with Gasteiger partial charge in [-0.25, -0.2) is 29.9 Å². The van der Waals surface area contributed by atoms with Crippen molar-refractivity contribution >= 4 is 0 Å². The monoisotopic (exact) mass is 1530 g/mol. The number of hydrogen-bond donors (Lipinski definition) is 0. The third-order valence-electron chi connectivity index (χ3n) is 21.3. The molecule has 10 heteroatoms. The van der Waals surface area contributed by atoms with Crippen LogP contribution < -0.4 is 0 Å². The Morgan fingerprint density at radius 2 is 0.383 bits per heavy atom. The number of rotatable bonds is 18. The van der Waals surface area contributed by atoms with E-state index in [0.717, 1.165) is 174 Å². The zero-order chi connectivity index (χ0) is 80.2. The van der Waals surface area contributed by atoms with Gasteiger partial charge in [0.2, 0.25) is 0 Å². The van der Waals surface area contributed by atoms with Gasteiger partial charge in [0.15, 0.2) is 11.6 Å². The molecule has 0 saturated carbocycles. The molecule has 20 aromatic rings. The Kier molecular flexibility index (Phi) is 21.2. The normalized spacial score (nSPS) is 11.0. The third kappa shape index (κ3) is 16.7. The van der Waals surface area contributed by atoms with Crippen molar-refractivity contribution in [1.82, 2.24) is 49.8 Å². The summed E-state index contributed by atoms with van der Waals surface area (Å²) in [5.74, 6) is 1.39. The van der Waals surface area contributed by atoms with Gasteiger partial charge in [-0.1, -0.05) is 352 Å². The van der Waals surface area contributed by atoms with Gasteiger partial charge in [-0.15, -0.1) is 0 Å². The minimum atomic E-state index is 0.694. The van der Waals surface area contributed by atoms with Gasteiger partial charge >= 0.3 is 0 Å². The molecule has 8 aromatic heterocycles. The molecule has 0 aliphatic heterocycles. The minimum absolute atomic E-state index is 0.694. The smallest absolute Gasteiger partial charge is 0.160 e. The number of nitrogens with zero attached hydrogens (tertiary/aromatic N) is 10. The second kappa shape index (κ2) is 34.4. The zero-order valence-electron chi connectivity index (χ0n) is 65.2. The molecule has 0 aliphatic rings. The van der Waals surface area contributed by atoms with Crippen molar-refractivity contribution < 1.29 is 0 Å². The van der Waals surface area contributed by atoms with Crippen LogP contribution in [0.2, 0.25) is 0 Å². The predicted molar refractivity (Wildman–Crippen MR) is 489 cm³/mol. The second-order valence-electron chi connectivity index (χ2n) is 29.1. The third-order valence-corrected chi connectivity index (χ3v) is 21.3. The van der Waals surface area contributed by atoms with Crippen LogP contribution in [0.4, 0.5) is 0 Å². The lowest BCUT2D eigenvalue weighted by Gasteiger charge is -2.13. The summed E-state index contributed by atoms with van der Waals surface area (Å²) < 4.78 is 0. The maximum Gasteiger partial charge on any atom is 0.160 e. The highest BCUT2D eigenvalue weighted by atomic mass is 14.9. The lowest BCUT2D eigenvalue weighted by atomic mass is 9.96. The molecule has 0 bridgehead atoms. The van der Waals surface area contributed by atoms with Crippen LogP contribution in [0, 0.1) is 0 Å². The molecule has 120 heavy (non-hydrogen) atoms. The Balaban J connectivity index is 0.000000159. The lowest BCUT2D eigenvalue weighted by molar-refractivity contribution is 1.18. The highest BCUT2D eigenvalue weighted by Crippen LogP contribution is 2.39. The van der Waals surface area contributed by atoms with E-state index in [1.807, 2.05) is 134 Å². The second-order valence-corrected chi connectivity index (χ2v) is 29.1. The highest BCUT2D eigenvalue weighted by Gasteiger charge is 2.19. The van der Waals surface area contributed by atoms with E-state index in [2.05, 4.69) is 313 Å². The molecule has 0 atom stereocenters. The number of hydrogen-bond acceptors (Lipinski definition) is 10. The van der Waals surface area contributed by atoms with E-state index in [1.54, 1.807) is 12.4 Å². The van der Waals surface area contributed by atoms with Gasteiger partial charge in [0, 0.05) is 69.3 Å². The summed E-state index contributed by atoms with van der Waals surface area (Å²) in [5, 5.41) is 0. The molecule has 0 unspecified atom stereocenters. The summed E-state index contributed by atoms with van der Waals surface area (Å²) in [4.78, 5) is 49.3. The molecule has 10 nitrogen and oxygen atoms in total. The van der Waals surface area contributed by atoms with Crippen LogP contribution in [0.3, 0.4) is 0 Å². The van der Waals surface area contributed by atoms with Crippen LogP contribution in [0.15, 0.2) is 449 Å². The van der Waals surface area contributed by atoms with Gasteiger partial charge < -0.3 is 0 Å². The van der Waals surface area contributed by atoms with Gasteiger partial charge in [-0.3, -0.25) is 19.9 Å². The maximum atomic E-state index is 5.11. The first-order valence-corrected chi connectivity index (χ1v) is 39.9. The first-order valence-electron chi connectivity index (χ1n) is 39.9. The van der Waals surface area contributed by atoms with E-state index < -0.39 is 0 Å². The van der Waals surface area contributed by atoms with Crippen LogP contribution in [0.25, 0.3) is 202 Å². The van der Waals surface area contributed by atoms with Crippen LogP contribution in [-0.2, 0) is 0 Å². The van der Waals surface area contributed by atoms with Crippen LogP contribution >= 0.6 is 0 Å². The number of aromatic nitrogens is 10. The van der Waals surface area contributed by atoms with Gasteiger partial charge in [-0.05, 0) is 151 Å². The fourth-order valence-corrected chi connectivity index (χ4v) is 15.0. The van der Waals surface area contributed by atoms with E-state index in [-0.39, 0.29) is 0 Å². The van der Waals surface area contributed by atoms with Crippen molar-refractivity contribution in [3.8, 4) is 202 Å². The van der Waals surface area contributed by atoms with E-state index in [4.69, 9.17) is 39.9 Å². The molecule has 564 valence electrons. The van der Waals surface area contributed by atoms with E-state index in [9.17, 15) is 0 Å². The number of pyridine rings is 6. The molecule has 12 aromatic carbocycles. The fraction of sp³-hybridized carbons (Fsp3) is 0. The summed E-state index contributed by atoms with van der Waals surface area (Å²) >= 11 is 0. The Morgan fingerprint density at radius 1 is 0.125 bits per heavy atom. The molecule has 0 N–H and O–H groups in total. The Morgan fingerprint density at radius 3 is 0.742 bits per heavy atom. The minimum Gasteiger partial charge on any atom is -0.255 e. The van der Waals surface area contributed by atoms with Gasteiger partial charge in [-0.2, -0.15) is 0 Å². The SMILES string of the molecule is c1ccc(-c2ccc(-c3cc(-c4ccc(-c5ccc(-c6cccnc6-c6cc(-c7ccccc7)cc(-c7ccccn7)n6)cc5)cc4)nc(-c4ccccc4)n3)cc2)cc1.c1ccc(-c2ccc(-c3nc(-c4ccccc4)cc(-c4ccc(-c5ccc(-c6ccc(-c7cc(-c8ccccc8)cc(-c8ccccn8)n7)nc6)cc5)cc4)n3)cc2)cc1. The van der Waals surface area contributed by atoms with E-state index in [1.165, 1.54) is 16.7 Å². The molecule has 0 spiro atoms.